The van der Waals surface area contributed by atoms with Gasteiger partial charge in [0.05, 0.1) is 11.3 Å². The van der Waals surface area contributed by atoms with Crippen LogP contribution in [0.3, 0.4) is 0 Å². The Labute approximate surface area is 86.0 Å². The van der Waals surface area contributed by atoms with E-state index in [0.29, 0.717) is 0 Å². The number of aliphatic hydroxyl groups excluding tert-OH is 2. The van der Waals surface area contributed by atoms with Crippen LogP contribution in [0.1, 0.15) is 6.42 Å². The zero-order valence-electron chi connectivity index (χ0n) is 7.68. The highest BCUT2D eigenvalue weighted by Gasteiger charge is 2.59. The van der Waals surface area contributed by atoms with E-state index < -0.39 is 33.3 Å². The highest BCUT2D eigenvalue weighted by atomic mass is 31.2. The summed E-state index contributed by atoms with van der Waals surface area (Å²) in [5, 5.41) is 18.0. The molecule has 10 heteroatoms. The summed E-state index contributed by atoms with van der Waals surface area (Å²) < 4.78 is 17.5. The fourth-order valence-corrected chi connectivity index (χ4v) is 1.71. The molecule has 0 saturated carbocycles. The van der Waals surface area contributed by atoms with Crippen molar-refractivity contribution in [2.24, 2.45) is 11.8 Å². The molecule has 1 heterocycles. The molecule has 1 saturated heterocycles. The standard InChI is InChI=1S/C5H13N2O7P/c6-13-15(10,14-7)12-5-1-3(9)4(2-8)11-5/h3-5,8-9H,1-2,6-7H2/q+2/t3-,4+,5?/m0/s1. The highest BCUT2D eigenvalue weighted by Crippen LogP contribution is 2.58. The Kier molecular flexibility index (Phi) is 4.74. The fraction of sp³-hybridized carbons (Fsp3) is 1.00. The average Bonchev–Trinajstić information content (AvgIpc) is 2.58. The van der Waals surface area contributed by atoms with Gasteiger partial charge in [-0.3, -0.25) is 0 Å². The lowest BCUT2D eigenvalue weighted by Crippen LogP contribution is -2.24. The average molecular weight is 244 g/mol. The van der Waals surface area contributed by atoms with Gasteiger partial charge in [-0.2, -0.15) is 11.8 Å². The van der Waals surface area contributed by atoms with E-state index in [1.807, 2.05) is 0 Å². The molecule has 3 atom stereocenters. The minimum absolute atomic E-state index is 0.00192. The Hall–Kier alpha value is 0.0700. The van der Waals surface area contributed by atoms with E-state index in [0.717, 1.165) is 0 Å². The van der Waals surface area contributed by atoms with E-state index in [9.17, 15) is 10.00 Å². The van der Waals surface area contributed by atoms with Crippen molar-refractivity contribution in [1.29, 1.82) is 0 Å². The number of nitrogens with two attached hydrogens (primary N) is 2. The van der Waals surface area contributed by atoms with E-state index in [1.54, 1.807) is 0 Å². The first-order valence-corrected chi connectivity index (χ1v) is 5.50. The zero-order chi connectivity index (χ0) is 11.5. The van der Waals surface area contributed by atoms with E-state index >= 15 is 0 Å². The minimum atomic E-state index is -4.06. The first kappa shape index (κ1) is 13.1. The molecule has 0 aromatic heterocycles. The van der Waals surface area contributed by atoms with Crippen molar-refractivity contribution in [3.8, 4) is 0 Å². The first-order valence-electron chi connectivity index (χ1n) is 4.04. The molecule has 1 aliphatic heterocycles. The Morgan fingerprint density at radius 3 is 2.47 bits per heavy atom. The van der Waals surface area contributed by atoms with Crippen molar-refractivity contribution in [1.82, 2.24) is 0 Å². The highest BCUT2D eigenvalue weighted by molar-refractivity contribution is 7.55. The fourth-order valence-electron chi connectivity index (χ4n) is 1.14. The Morgan fingerprint density at radius 1 is 1.47 bits per heavy atom. The van der Waals surface area contributed by atoms with Crippen molar-refractivity contribution in [3.63, 3.8) is 0 Å². The maximum Gasteiger partial charge on any atom is 0.653 e. The molecule has 88 valence electrons. The second-order valence-corrected chi connectivity index (χ2v) is 4.38. The molecule has 0 bridgehead atoms. The second-order valence-electron chi connectivity index (χ2n) is 2.85. The van der Waals surface area contributed by atoms with Crippen LogP contribution in [-0.4, -0.2) is 35.3 Å². The lowest BCUT2D eigenvalue weighted by molar-refractivity contribution is -0.117. The summed E-state index contributed by atoms with van der Waals surface area (Å²) in [4.78, 5) is 11.3. The summed E-state index contributed by atoms with van der Waals surface area (Å²) >= 11 is 0. The van der Waals surface area contributed by atoms with E-state index in [1.165, 1.54) is 0 Å². The third-order valence-electron chi connectivity index (χ3n) is 1.87. The molecule has 0 aliphatic carbocycles. The van der Waals surface area contributed by atoms with Gasteiger partial charge in [0.25, 0.3) is 6.10 Å². The van der Waals surface area contributed by atoms with Gasteiger partial charge in [-0.25, -0.2) is 0 Å². The van der Waals surface area contributed by atoms with Crippen LogP contribution in [0, 0.1) is 0 Å². The molecule has 0 amide bonds. The predicted molar refractivity (Wildman–Crippen MR) is 45.6 cm³/mol. The molecule has 9 nitrogen and oxygen atoms in total. The summed E-state index contributed by atoms with van der Waals surface area (Å²) in [7, 11) is -4.06. The smallest absolute Gasteiger partial charge is 0.388 e. The molecule has 0 aromatic carbocycles. The van der Waals surface area contributed by atoms with E-state index in [-0.39, 0.29) is 6.42 Å². The van der Waals surface area contributed by atoms with Gasteiger partial charge in [0.1, 0.15) is 12.7 Å². The lowest BCUT2D eigenvalue weighted by atomic mass is 10.2. The number of aliphatic hydroxyl groups is 2. The monoisotopic (exact) mass is 244 g/mol. The van der Waals surface area contributed by atoms with Crippen molar-refractivity contribution in [3.05, 3.63) is 0 Å². The van der Waals surface area contributed by atoms with Crippen LogP contribution in [0.25, 0.3) is 0 Å². The van der Waals surface area contributed by atoms with Crippen LogP contribution in [-0.2, 0) is 23.4 Å². The van der Waals surface area contributed by atoms with Crippen molar-refractivity contribution < 1.29 is 33.6 Å². The molecule has 15 heavy (non-hydrogen) atoms. The maximum absolute atomic E-state index is 11.3. The summed E-state index contributed by atoms with van der Waals surface area (Å²) in [6.07, 6.45) is -2.79. The van der Waals surface area contributed by atoms with Gasteiger partial charge in [0.2, 0.25) is 0 Å². The number of ether oxygens (including phenoxy) is 1. The van der Waals surface area contributed by atoms with Gasteiger partial charge in [-0.05, 0) is 0 Å². The first-order chi connectivity index (χ1) is 7.04. The van der Waals surface area contributed by atoms with Gasteiger partial charge in [-0.15, -0.1) is 4.74 Å². The Morgan fingerprint density at radius 2 is 2.07 bits per heavy atom. The third-order valence-corrected chi connectivity index (χ3v) is 2.88. The molecule has 1 rings (SSSR count). The molecule has 0 spiro atoms. The molecular weight excluding hydrogens is 231 g/mol. The van der Waals surface area contributed by atoms with Gasteiger partial charge in [0.15, 0.2) is 0 Å². The minimum Gasteiger partial charge on any atom is -0.388 e. The molecule has 6 N–H and O–H groups in total. The predicted octanol–water partition coefficient (Wildman–Crippen LogP) is -1.64. The summed E-state index contributed by atoms with van der Waals surface area (Å²) in [5.74, 6) is 9.27. The third kappa shape index (κ3) is 3.26. The topological polar surface area (TPSA) is 151 Å². The van der Waals surface area contributed by atoms with Crippen LogP contribution < -0.4 is 11.8 Å². The summed E-state index contributed by atoms with van der Waals surface area (Å²) in [6.45, 7) is -0.391. The normalized spacial score (nSPS) is 32.2. The van der Waals surface area contributed by atoms with Crippen LogP contribution in [0.2, 0.25) is 0 Å². The molecular formula is C5H13N2O7P+2. The van der Waals surface area contributed by atoms with Gasteiger partial charge in [-0.1, -0.05) is 13.8 Å². The number of hydrogen-bond acceptors (Lipinski definition) is 8. The SMILES string of the molecule is NO[P+]([O])(ON)OC1C[C@H](O)[C@@H](CO)[O+]1. The second kappa shape index (κ2) is 5.41. The molecule has 0 aromatic rings. The summed E-state index contributed by atoms with van der Waals surface area (Å²) in [5.41, 5.74) is 0. The zero-order valence-corrected chi connectivity index (χ0v) is 8.58. The maximum atomic E-state index is 11.3. The van der Waals surface area contributed by atoms with Crippen molar-refractivity contribution in [2.45, 2.75) is 24.9 Å². The van der Waals surface area contributed by atoms with Gasteiger partial charge >= 0.3 is 14.5 Å². The van der Waals surface area contributed by atoms with Crippen LogP contribution in [0.5, 0.6) is 0 Å². The van der Waals surface area contributed by atoms with Crippen LogP contribution in [0.15, 0.2) is 0 Å². The van der Waals surface area contributed by atoms with Crippen LogP contribution in [0.4, 0.5) is 0 Å². The van der Waals surface area contributed by atoms with E-state index in [4.69, 9.17) is 9.84 Å². The lowest BCUT2D eigenvalue weighted by Gasteiger charge is -2.05. The summed E-state index contributed by atoms with van der Waals surface area (Å²) in [6, 6.07) is 0. The molecule has 2 radical (unpaired) electrons. The van der Waals surface area contributed by atoms with Crippen molar-refractivity contribution in [2.75, 3.05) is 6.61 Å². The Balaban J connectivity index is 2.47. The Bertz CT molecular complexity index is 204. The molecule has 1 fully saturated rings. The molecule has 1 aliphatic rings. The van der Waals surface area contributed by atoms with Crippen molar-refractivity contribution >= 4 is 8.17 Å². The van der Waals surface area contributed by atoms with Crippen LogP contribution >= 0.6 is 8.17 Å². The van der Waals surface area contributed by atoms with E-state index in [2.05, 4.69) is 25.6 Å². The number of rotatable bonds is 5. The largest absolute Gasteiger partial charge is 0.653 e. The van der Waals surface area contributed by atoms with Gasteiger partial charge in [0, 0.05) is 0 Å². The number of hydrogen-bond donors (Lipinski definition) is 4. The quantitative estimate of drug-likeness (QED) is 0.255. The molecule has 1 unspecified atom stereocenters. The van der Waals surface area contributed by atoms with Gasteiger partial charge < -0.3 is 10.2 Å².